The zero-order chi connectivity index (χ0) is 16.0. The first kappa shape index (κ1) is 19.7. The second-order valence-corrected chi connectivity index (χ2v) is 7.40. The summed E-state index contributed by atoms with van der Waals surface area (Å²) < 4.78 is 28.2. The molecule has 0 aliphatic carbocycles. The molecule has 1 aromatic carbocycles. The summed E-state index contributed by atoms with van der Waals surface area (Å²) in [5.74, 6) is 0.591. The van der Waals surface area contributed by atoms with Crippen molar-refractivity contribution < 1.29 is 17.9 Å². The van der Waals surface area contributed by atoms with Crippen molar-refractivity contribution in [2.75, 3.05) is 26.0 Å². The second kappa shape index (κ2) is 9.10. The summed E-state index contributed by atoms with van der Waals surface area (Å²) in [6.07, 6.45) is 4.24. The van der Waals surface area contributed by atoms with E-state index in [1.807, 2.05) is 0 Å². The molecule has 1 atom stereocenters. The van der Waals surface area contributed by atoms with Crippen molar-refractivity contribution in [2.45, 2.75) is 30.2 Å². The fourth-order valence-corrected chi connectivity index (χ4v) is 2.96. The second-order valence-electron chi connectivity index (χ2n) is 5.39. The van der Waals surface area contributed by atoms with Crippen LogP contribution in [0.25, 0.3) is 0 Å². The lowest BCUT2D eigenvalue weighted by Crippen LogP contribution is -2.47. The molecule has 6 nitrogen and oxygen atoms in total. The maximum Gasteiger partial charge on any atom is 0.237 e. The molecule has 1 amide bonds. The van der Waals surface area contributed by atoms with Crippen LogP contribution < -0.4 is 15.4 Å². The fraction of sp³-hybridized carbons (Fsp3) is 0.533. The van der Waals surface area contributed by atoms with Gasteiger partial charge in [-0.1, -0.05) is 6.42 Å². The molecule has 1 aromatic rings. The molecule has 0 bridgehead atoms. The number of hydrogen-bond acceptors (Lipinski definition) is 5. The zero-order valence-electron chi connectivity index (χ0n) is 13.1. The monoisotopic (exact) mass is 362 g/mol. The third-order valence-corrected chi connectivity index (χ3v) is 4.68. The maximum absolute atomic E-state index is 11.9. The Morgan fingerprint density at radius 3 is 2.57 bits per heavy atom. The van der Waals surface area contributed by atoms with E-state index in [0.717, 1.165) is 32.1 Å². The van der Waals surface area contributed by atoms with Gasteiger partial charge in [0.25, 0.3) is 0 Å². The van der Waals surface area contributed by atoms with Crippen LogP contribution in [0.15, 0.2) is 29.2 Å². The van der Waals surface area contributed by atoms with Crippen LogP contribution in [-0.4, -0.2) is 46.3 Å². The highest BCUT2D eigenvalue weighted by Gasteiger charge is 2.19. The van der Waals surface area contributed by atoms with E-state index in [-0.39, 0.29) is 29.3 Å². The van der Waals surface area contributed by atoms with Gasteiger partial charge < -0.3 is 15.4 Å². The molecule has 0 spiro atoms. The Morgan fingerprint density at radius 2 is 2.00 bits per heavy atom. The third kappa shape index (κ3) is 6.37. The minimum Gasteiger partial charge on any atom is -0.492 e. The van der Waals surface area contributed by atoms with E-state index in [1.165, 1.54) is 12.1 Å². The van der Waals surface area contributed by atoms with Gasteiger partial charge in [-0.2, -0.15) is 0 Å². The molecule has 2 N–H and O–H groups in total. The predicted molar refractivity (Wildman–Crippen MR) is 90.9 cm³/mol. The number of sulfone groups is 1. The van der Waals surface area contributed by atoms with E-state index in [4.69, 9.17) is 4.74 Å². The van der Waals surface area contributed by atoms with Gasteiger partial charge in [-0.25, -0.2) is 8.42 Å². The van der Waals surface area contributed by atoms with Gasteiger partial charge in [0.1, 0.15) is 12.4 Å². The Kier molecular flexibility index (Phi) is 7.81. The van der Waals surface area contributed by atoms with Gasteiger partial charge in [0, 0.05) is 6.26 Å². The molecule has 1 aliphatic heterocycles. The molecule has 1 saturated heterocycles. The van der Waals surface area contributed by atoms with Crippen LogP contribution in [0.2, 0.25) is 0 Å². The summed E-state index contributed by atoms with van der Waals surface area (Å²) in [7, 11) is -3.19. The van der Waals surface area contributed by atoms with Crippen molar-refractivity contribution in [1.29, 1.82) is 0 Å². The molecule has 23 heavy (non-hydrogen) atoms. The Bertz CT molecular complexity index is 598. The van der Waals surface area contributed by atoms with Crippen molar-refractivity contribution in [3.8, 4) is 5.75 Å². The number of nitrogens with one attached hydrogen (secondary N) is 2. The molecular formula is C15H23ClN2O4S. The molecule has 1 heterocycles. The van der Waals surface area contributed by atoms with Gasteiger partial charge in [-0.15, -0.1) is 12.4 Å². The van der Waals surface area contributed by atoms with Gasteiger partial charge in [0.2, 0.25) is 5.91 Å². The van der Waals surface area contributed by atoms with E-state index in [1.54, 1.807) is 12.1 Å². The summed E-state index contributed by atoms with van der Waals surface area (Å²) in [4.78, 5) is 12.1. The lowest BCUT2D eigenvalue weighted by Gasteiger charge is -2.22. The van der Waals surface area contributed by atoms with Crippen LogP contribution in [0.5, 0.6) is 5.75 Å². The summed E-state index contributed by atoms with van der Waals surface area (Å²) in [6.45, 7) is 1.66. The Morgan fingerprint density at radius 1 is 1.30 bits per heavy atom. The number of halogens is 1. The highest BCUT2D eigenvalue weighted by Crippen LogP contribution is 2.15. The van der Waals surface area contributed by atoms with Gasteiger partial charge in [0.05, 0.1) is 17.5 Å². The number of benzene rings is 1. The van der Waals surface area contributed by atoms with Crippen LogP contribution in [0, 0.1) is 0 Å². The Labute approximate surface area is 143 Å². The number of carbonyl (C=O) groups excluding carboxylic acids is 1. The van der Waals surface area contributed by atoms with Gasteiger partial charge in [-0.05, 0) is 43.7 Å². The third-order valence-electron chi connectivity index (χ3n) is 3.55. The highest BCUT2D eigenvalue weighted by molar-refractivity contribution is 7.90. The van der Waals surface area contributed by atoms with Crippen molar-refractivity contribution in [3.63, 3.8) is 0 Å². The summed E-state index contributed by atoms with van der Waals surface area (Å²) in [5.41, 5.74) is 0. The average Bonchev–Trinajstić information content (AvgIpc) is 2.52. The summed E-state index contributed by atoms with van der Waals surface area (Å²) >= 11 is 0. The summed E-state index contributed by atoms with van der Waals surface area (Å²) in [6, 6.07) is 6.15. The van der Waals surface area contributed by atoms with Crippen molar-refractivity contribution >= 4 is 28.2 Å². The lowest BCUT2D eigenvalue weighted by atomic mass is 10.0. The first-order chi connectivity index (χ1) is 10.5. The molecule has 0 radical (unpaired) electrons. The van der Waals surface area contributed by atoms with Gasteiger partial charge in [0.15, 0.2) is 9.84 Å². The van der Waals surface area contributed by atoms with Crippen LogP contribution in [0.1, 0.15) is 19.3 Å². The van der Waals surface area contributed by atoms with Crippen molar-refractivity contribution in [3.05, 3.63) is 24.3 Å². The van der Waals surface area contributed by atoms with E-state index < -0.39 is 9.84 Å². The largest absolute Gasteiger partial charge is 0.492 e. The normalized spacial score (nSPS) is 17.9. The lowest BCUT2D eigenvalue weighted by molar-refractivity contribution is -0.123. The van der Waals surface area contributed by atoms with Gasteiger partial charge >= 0.3 is 0 Å². The number of carbonyl (C=O) groups is 1. The minimum absolute atomic E-state index is 0. The van der Waals surface area contributed by atoms with Crippen molar-refractivity contribution in [2.24, 2.45) is 0 Å². The fourth-order valence-electron chi connectivity index (χ4n) is 2.32. The number of rotatable bonds is 6. The average molecular weight is 363 g/mol. The first-order valence-electron chi connectivity index (χ1n) is 7.41. The quantitative estimate of drug-likeness (QED) is 0.741. The number of amides is 1. The van der Waals surface area contributed by atoms with Crippen LogP contribution in [0.4, 0.5) is 0 Å². The Hall–Kier alpha value is -1.31. The van der Waals surface area contributed by atoms with E-state index in [2.05, 4.69) is 10.6 Å². The number of piperidine rings is 1. The highest BCUT2D eigenvalue weighted by atomic mass is 35.5. The molecular weight excluding hydrogens is 340 g/mol. The molecule has 8 heteroatoms. The van der Waals surface area contributed by atoms with E-state index in [0.29, 0.717) is 18.9 Å². The Balaban J connectivity index is 0.00000264. The van der Waals surface area contributed by atoms with E-state index in [9.17, 15) is 13.2 Å². The number of ether oxygens (including phenoxy) is 1. The minimum atomic E-state index is -3.19. The summed E-state index contributed by atoms with van der Waals surface area (Å²) in [5, 5.41) is 6.02. The smallest absolute Gasteiger partial charge is 0.237 e. The molecule has 0 aromatic heterocycles. The maximum atomic E-state index is 11.9. The molecule has 1 unspecified atom stereocenters. The molecule has 0 saturated carbocycles. The SMILES string of the molecule is CS(=O)(=O)c1ccc(OCCNC(=O)C2CCCCN2)cc1.Cl. The number of hydrogen-bond donors (Lipinski definition) is 2. The topological polar surface area (TPSA) is 84.5 Å². The van der Waals surface area contributed by atoms with Crippen LogP contribution in [-0.2, 0) is 14.6 Å². The standard InChI is InChI=1S/C15H22N2O4S.ClH/c1-22(19,20)13-7-5-12(6-8-13)21-11-10-17-15(18)14-4-2-3-9-16-14;/h5-8,14,16H,2-4,9-11H2,1H3,(H,17,18);1H. The van der Waals surface area contributed by atoms with Crippen molar-refractivity contribution in [1.82, 2.24) is 10.6 Å². The molecule has 1 aliphatic rings. The first-order valence-corrected chi connectivity index (χ1v) is 9.30. The molecule has 2 rings (SSSR count). The van der Waals surface area contributed by atoms with Crippen LogP contribution >= 0.6 is 12.4 Å². The molecule has 1 fully saturated rings. The molecule has 130 valence electrons. The zero-order valence-corrected chi connectivity index (χ0v) is 14.7. The van der Waals surface area contributed by atoms with Gasteiger partial charge in [-0.3, -0.25) is 4.79 Å². The predicted octanol–water partition coefficient (Wildman–Crippen LogP) is 1.15. The van der Waals surface area contributed by atoms with E-state index >= 15 is 0 Å². The van der Waals surface area contributed by atoms with Crippen LogP contribution in [0.3, 0.4) is 0 Å².